The molecule has 2 heterocycles. The molecule has 0 saturated carbocycles. The molecule has 1 aromatic carbocycles. The minimum absolute atomic E-state index is 0. The van der Waals surface area contributed by atoms with Crippen LogP contribution in [0, 0.1) is 5.41 Å². The summed E-state index contributed by atoms with van der Waals surface area (Å²) in [5.74, 6) is 0.999. The molecule has 2 aliphatic rings. The average molecular weight is 486 g/mol. The zero-order valence-corrected chi connectivity index (χ0v) is 18.9. The monoisotopic (exact) mass is 486 g/mol. The summed E-state index contributed by atoms with van der Waals surface area (Å²) < 4.78 is 5.63. The number of ether oxygens (including phenoxy) is 1. The van der Waals surface area contributed by atoms with Crippen LogP contribution in [0.2, 0.25) is 0 Å². The van der Waals surface area contributed by atoms with Gasteiger partial charge < -0.3 is 19.9 Å². The highest BCUT2D eigenvalue weighted by molar-refractivity contribution is 14.0. The molecule has 1 amide bonds. The molecule has 27 heavy (non-hydrogen) atoms. The molecule has 1 unspecified atom stereocenters. The third-order valence-corrected chi connectivity index (χ3v) is 5.28. The fourth-order valence-corrected chi connectivity index (χ4v) is 3.69. The van der Waals surface area contributed by atoms with E-state index in [0.717, 1.165) is 50.8 Å². The predicted molar refractivity (Wildman–Crippen MR) is 119 cm³/mol. The van der Waals surface area contributed by atoms with Crippen LogP contribution in [0.25, 0.3) is 0 Å². The Labute approximate surface area is 179 Å². The van der Waals surface area contributed by atoms with Crippen molar-refractivity contribution in [3.05, 3.63) is 35.4 Å². The van der Waals surface area contributed by atoms with Crippen molar-refractivity contribution in [1.29, 1.82) is 0 Å². The Morgan fingerprint density at radius 2 is 2.04 bits per heavy atom. The number of nitrogens with one attached hydrogen (secondary N) is 1. The third-order valence-electron chi connectivity index (χ3n) is 5.28. The van der Waals surface area contributed by atoms with Crippen molar-refractivity contribution in [2.75, 3.05) is 46.9 Å². The number of likely N-dealkylation sites (tertiary alicyclic amines) is 1. The number of carbonyl (C=O) groups is 1. The molecule has 150 valence electrons. The molecule has 6 nitrogen and oxygen atoms in total. The second-order valence-corrected chi connectivity index (χ2v) is 7.54. The van der Waals surface area contributed by atoms with E-state index < -0.39 is 0 Å². The maximum Gasteiger partial charge on any atom is 0.253 e. The van der Waals surface area contributed by atoms with E-state index in [2.05, 4.69) is 17.1 Å². The molecule has 2 fully saturated rings. The van der Waals surface area contributed by atoms with Gasteiger partial charge in [0.2, 0.25) is 0 Å². The number of rotatable bonds is 4. The topological polar surface area (TPSA) is 57.2 Å². The van der Waals surface area contributed by atoms with E-state index in [0.29, 0.717) is 17.5 Å². The van der Waals surface area contributed by atoms with Crippen LogP contribution in [0.1, 0.15) is 35.7 Å². The Morgan fingerprint density at radius 3 is 2.63 bits per heavy atom. The average Bonchev–Trinajstić information content (AvgIpc) is 3.28. The Morgan fingerprint density at radius 1 is 1.30 bits per heavy atom. The molecule has 2 aliphatic heterocycles. The smallest absolute Gasteiger partial charge is 0.253 e. The lowest BCUT2D eigenvalue weighted by Gasteiger charge is -2.25. The minimum atomic E-state index is 0. The van der Waals surface area contributed by atoms with Gasteiger partial charge in [0.1, 0.15) is 0 Å². The summed E-state index contributed by atoms with van der Waals surface area (Å²) in [5, 5.41) is 3.42. The highest BCUT2D eigenvalue weighted by Gasteiger charge is 2.42. The number of carbonyl (C=O) groups excluding carboxylic acids is 1. The van der Waals surface area contributed by atoms with Crippen LogP contribution in [0.3, 0.4) is 0 Å². The number of hydrogen-bond acceptors (Lipinski definition) is 3. The molecule has 3 rings (SSSR count). The zero-order valence-electron chi connectivity index (χ0n) is 16.5. The van der Waals surface area contributed by atoms with Gasteiger partial charge in [-0.1, -0.05) is 12.1 Å². The van der Waals surface area contributed by atoms with Crippen LogP contribution >= 0.6 is 24.0 Å². The Balaban J connectivity index is 0.00000261. The summed E-state index contributed by atoms with van der Waals surface area (Å²) >= 11 is 0. The number of aliphatic imine (C=N–C) groups is 1. The molecule has 1 spiro atoms. The lowest BCUT2D eigenvalue weighted by molar-refractivity contribution is 0.0827. The Hall–Kier alpha value is -1.35. The molecule has 0 aromatic heterocycles. The standard InChI is InChI=1S/C20H30N4O2.HI/c1-4-21-19(24-11-9-20(14-24)10-12-26-15-20)22-13-16-5-7-17(8-6-16)18(25)23(2)3;/h5-8H,4,9-15H2,1-3H3,(H,21,22);1H. The summed E-state index contributed by atoms with van der Waals surface area (Å²) in [6.45, 7) is 7.39. The van der Waals surface area contributed by atoms with Gasteiger partial charge in [-0.3, -0.25) is 4.79 Å². The van der Waals surface area contributed by atoms with Gasteiger partial charge in [0.15, 0.2) is 5.96 Å². The van der Waals surface area contributed by atoms with Crippen molar-refractivity contribution in [1.82, 2.24) is 15.1 Å². The summed E-state index contributed by atoms with van der Waals surface area (Å²) in [6, 6.07) is 7.72. The molecule has 0 radical (unpaired) electrons. The number of nitrogens with zero attached hydrogens (tertiary/aromatic N) is 3. The zero-order chi connectivity index (χ0) is 18.6. The molecule has 7 heteroatoms. The first-order chi connectivity index (χ1) is 12.5. The van der Waals surface area contributed by atoms with E-state index in [1.54, 1.807) is 19.0 Å². The molecule has 1 atom stereocenters. The first-order valence-electron chi connectivity index (χ1n) is 9.45. The third kappa shape index (κ3) is 5.34. The summed E-state index contributed by atoms with van der Waals surface area (Å²) in [4.78, 5) is 20.8. The van der Waals surface area contributed by atoms with Gasteiger partial charge in [0, 0.05) is 51.3 Å². The van der Waals surface area contributed by atoms with Gasteiger partial charge in [0.05, 0.1) is 13.2 Å². The van der Waals surface area contributed by atoms with Crippen molar-refractivity contribution in [3.63, 3.8) is 0 Å². The van der Waals surface area contributed by atoms with Crippen molar-refractivity contribution in [3.8, 4) is 0 Å². The second-order valence-electron chi connectivity index (χ2n) is 7.54. The van der Waals surface area contributed by atoms with Crippen LogP contribution in [0.15, 0.2) is 29.3 Å². The summed E-state index contributed by atoms with van der Waals surface area (Å²) in [6.07, 6.45) is 2.34. The Bertz CT molecular complexity index is 654. The quantitative estimate of drug-likeness (QED) is 0.404. The van der Waals surface area contributed by atoms with Gasteiger partial charge in [-0.25, -0.2) is 4.99 Å². The van der Waals surface area contributed by atoms with E-state index in [1.807, 2.05) is 24.3 Å². The van der Waals surface area contributed by atoms with E-state index in [1.165, 1.54) is 6.42 Å². The van der Waals surface area contributed by atoms with Gasteiger partial charge in [0.25, 0.3) is 5.91 Å². The van der Waals surface area contributed by atoms with Gasteiger partial charge in [-0.05, 0) is 37.5 Å². The fourth-order valence-electron chi connectivity index (χ4n) is 3.69. The predicted octanol–water partition coefficient (Wildman–Crippen LogP) is 2.58. The van der Waals surface area contributed by atoms with Crippen molar-refractivity contribution >= 4 is 35.8 Å². The minimum Gasteiger partial charge on any atom is -0.381 e. The number of guanidine groups is 1. The lowest BCUT2D eigenvalue weighted by Crippen LogP contribution is -2.41. The normalized spacial score (nSPS) is 22.0. The van der Waals surface area contributed by atoms with Gasteiger partial charge >= 0.3 is 0 Å². The molecule has 1 N–H and O–H groups in total. The van der Waals surface area contributed by atoms with Crippen LogP contribution < -0.4 is 5.32 Å². The van der Waals surface area contributed by atoms with E-state index in [4.69, 9.17) is 9.73 Å². The molecule has 1 aromatic rings. The maximum absolute atomic E-state index is 12.0. The van der Waals surface area contributed by atoms with Crippen LogP contribution in [0.4, 0.5) is 0 Å². The molecular weight excluding hydrogens is 455 g/mol. The molecule has 2 saturated heterocycles. The summed E-state index contributed by atoms with van der Waals surface area (Å²) in [5.41, 5.74) is 2.14. The highest BCUT2D eigenvalue weighted by Crippen LogP contribution is 2.38. The SMILES string of the molecule is CCNC(=NCc1ccc(C(=O)N(C)C)cc1)N1CCC2(CCOC2)C1.I. The first kappa shape index (κ1) is 21.9. The van der Waals surface area contributed by atoms with Crippen LogP contribution in [0.5, 0.6) is 0 Å². The summed E-state index contributed by atoms with van der Waals surface area (Å²) in [7, 11) is 3.53. The van der Waals surface area contributed by atoms with Crippen molar-refractivity contribution in [2.24, 2.45) is 10.4 Å². The number of benzene rings is 1. The first-order valence-corrected chi connectivity index (χ1v) is 9.45. The van der Waals surface area contributed by atoms with Crippen molar-refractivity contribution < 1.29 is 9.53 Å². The van der Waals surface area contributed by atoms with Crippen LogP contribution in [-0.4, -0.2) is 68.6 Å². The fraction of sp³-hybridized carbons (Fsp3) is 0.600. The van der Waals surface area contributed by atoms with Crippen LogP contribution in [-0.2, 0) is 11.3 Å². The van der Waals surface area contributed by atoms with Gasteiger partial charge in [-0.15, -0.1) is 24.0 Å². The van der Waals surface area contributed by atoms with E-state index in [-0.39, 0.29) is 29.9 Å². The largest absolute Gasteiger partial charge is 0.381 e. The number of amides is 1. The van der Waals surface area contributed by atoms with E-state index >= 15 is 0 Å². The number of hydrogen-bond donors (Lipinski definition) is 1. The second kappa shape index (κ2) is 9.73. The van der Waals surface area contributed by atoms with Crippen molar-refractivity contribution in [2.45, 2.75) is 26.3 Å². The lowest BCUT2D eigenvalue weighted by atomic mass is 9.87. The number of halogens is 1. The van der Waals surface area contributed by atoms with Gasteiger partial charge in [-0.2, -0.15) is 0 Å². The molecule has 0 aliphatic carbocycles. The molecule has 0 bridgehead atoms. The molecular formula is C20H31IN4O2. The maximum atomic E-state index is 12.0. The highest BCUT2D eigenvalue weighted by atomic mass is 127. The Kier molecular flexibility index (Phi) is 7.91. The van der Waals surface area contributed by atoms with E-state index in [9.17, 15) is 4.79 Å².